The van der Waals surface area contributed by atoms with Crippen LogP contribution in [0.2, 0.25) is 0 Å². The Balaban J connectivity index is 2.54. The van der Waals surface area contributed by atoms with Gasteiger partial charge in [-0.3, -0.25) is 0 Å². The van der Waals surface area contributed by atoms with E-state index in [-0.39, 0.29) is 0 Å². The Labute approximate surface area is 82.4 Å². The van der Waals surface area contributed by atoms with E-state index < -0.39 is 0 Å². The van der Waals surface area contributed by atoms with Crippen molar-refractivity contribution >= 4 is 22.9 Å². The highest BCUT2D eigenvalue weighted by atomic mass is 32.1. The summed E-state index contributed by atoms with van der Waals surface area (Å²) in [5, 5.41) is 8.70. The molecule has 1 aliphatic rings. The topological polar surface area (TPSA) is 27.0 Å². The van der Waals surface area contributed by atoms with Crippen molar-refractivity contribution in [2.75, 3.05) is 11.9 Å². The lowest BCUT2D eigenvalue weighted by Gasteiger charge is -2.11. The van der Waals surface area contributed by atoms with Crippen molar-refractivity contribution in [3.8, 4) is 6.07 Å². The van der Waals surface area contributed by atoms with Crippen LogP contribution in [-0.4, -0.2) is 12.0 Å². The second kappa shape index (κ2) is 2.82. The van der Waals surface area contributed by atoms with Crippen LogP contribution in [0.25, 0.3) is 0 Å². The standard InChI is InChI=1S/C10H8N2S/c1-12-9-3-2-7(6-11)4-8(9)5-10(12)13/h2-4H,5H2,1H3. The lowest BCUT2D eigenvalue weighted by molar-refractivity contribution is 1.32. The van der Waals surface area contributed by atoms with Gasteiger partial charge in [-0.25, -0.2) is 0 Å². The second-order valence-electron chi connectivity index (χ2n) is 3.08. The summed E-state index contributed by atoms with van der Waals surface area (Å²) in [6.45, 7) is 0. The minimum atomic E-state index is 0.705. The van der Waals surface area contributed by atoms with Crippen LogP contribution in [-0.2, 0) is 6.42 Å². The molecule has 64 valence electrons. The fourth-order valence-electron chi connectivity index (χ4n) is 1.54. The second-order valence-corrected chi connectivity index (χ2v) is 3.56. The molecule has 0 bridgehead atoms. The van der Waals surface area contributed by atoms with E-state index in [1.54, 1.807) is 0 Å². The number of likely N-dealkylation sites (N-methyl/N-ethyl adjacent to an activating group) is 1. The number of fused-ring (bicyclic) bond motifs is 1. The number of thiocarbonyl (C=S) groups is 1. The molecule has 0 fully saturated rings. The van der Waals surface area contributed by atoms with Crippen LogP contribution in [0.1, 0.15) is 11.1 Å². The highest BCUT2D eigenvalue weighted by molar-refractivity contribution is 7.80. The van der Waals surface area contributed by atoms with E-state index in [1.165, 1.54) is 0 Å². The van der Waals surface area contributed by atoms with Gasteiger partial charge >= 0.3 is 0 Å². The number of nitrogens with zero attached hydrogens (tertiary/aromatic N) is 2. The fraction of sp³-hybridized carbons (Fsp3) is 0.200. The van der Waals surface area contributed by atoms with Crippen molar-refractivity contribution in [1.82, 2.24) is 0 Å². The Hall–Kier alpha value is -1.40. The summed E-state index contributed by atoms with van der Waals surface area (Å²) in [5.74, 6) is 0. The van der Waals surface area contributed by atoms with Crippen LogP contribution < -0.4 is 4.90 Å². The van der Waals surface area contributed by atoms with Crippen molar-refractivity contribution < 1.29 is 0 Å². The van der Waals surface area contributed by atoms with E-state index in [2.05, 4.69) is 6.07 Å². The monoisotopic (exact) mass is 188 g/mol. The average molecular weight is 188 g/mol. The number of anilines is 1. The molecule has 1 aromatic rings. The van der Waals surface area contributed by atoms with Crippen LogP contribution in [0.15, 0.2) is 18.2 Å². The quantitative estimate of drug-likeness (QED) is 0.582. The maximum absolute atomic E-state index is 8.70. The smallest absolute Gasteiger partial charge is 0.0991 e. The number of benzene rings is 1. The molecule has 2 rings (SSSR count). The molecule has 0 saturated heterocycles. The van der Waals surface area contributed by atoms with Gasteiger partial charge in [-0.05, 0) is 23.8 Å². The Kier molecular flexibility index (Phi) is 1.78. The third kappa shape index (κ3) is 1.20. The molecule has 1 aromatic carbocycles. The molecule has 0 radical (unpaired) electrons. The summed E-state index contributed by atoms with van der Waals surface area (Å²) >= 11 is 5.17. The SMILES string of the molecule is CN1C(=S)Cc2cc(C#N)ccc21. The number of hydrogen-bond acceptors (Lipinski definition) is 2. The molecule has 1 aliphatic heterocycles. The third-order valence-electron chi connectivity index (χ3n) is 2.29. The van der Waals surface area contributed by atoms with E-state index >= 15 is 0 Å². The Morgan fingerprint density at radius 3 is 3.00 bits per heavy atom. The van der Waals surface area contributed by atoms with E-state index in [9.17, 15) is 0 Å². The first-order chi connectivity index (χ1) is 6.22. The Morgan fingerprint density at radius 2 is 2.31 bits per heavy atom. The Morgan fingerprint density at radius 1 is 1.54 bits per heavy atom. The van der Waals surface area contributed by atoms with E-state index in [0.717, 1.165) is 22.7 Å². The van der Waals surface area contributed by atoms with Crippen molar-refractivity contribution in [2.45, 2.75) is 6.42 Å². The van der Waals surface area contributed by atoms with Gasteiger partial charge in [0.15, 0.2) is 0 Å². The highest BCUT2D eigenvalue weighted by Gasteiger charge is 2.20. The number of nitriles is 1. The molecule has 0 spiro atoms. The van der Waals surface area contributed by atoms with Crippen molar-refractivity contribution in [3.05, 3.63) is 29.3 Å². The predicted molar refractivity (Wildman–Crippen MR) is 55.9 cm³/mol. The molecular formula is C10H8N2S. The summed E-state index contributed by atoms with van der Waals surface area (Å²) < 4.78 is 0. The van der Waals surface area contributed by atoms with Gasteiger partial charge in [-0.2, -0.15) is 5.26 Å². The summed E-state index contributed by atoms with van der Waals surface area (Å²) in [4.78, 5) is 2.91. The van der Waals surface area contributed by atoms with Crippen molar-refractivity contribution in [3.63, 3.8) is 0 Å². The van der Waals surface area contributed by atoms with E-state index in [0.29, 0.717) is 5.56 Å². The van der Waals surface area contributed by atoms with Crippen LogP contribution in [0.5, 0.6) is 0 Å². The fourth-order valence-corrected chi connectivity index (χ4v) is 1.79. The molecule has 0 N–H and O–H groups in total. The van der Waals surface area contributed by atoms with Crippen LogP contribution in [0.4, 0.5) is 5.69 Å². The lowest BCUT2D eigenvalue weighted by atomic mass is 10.1. The number of hydrogen-bond donors (Lipinski definition) is 0. The van der Waals surface area contributed by atoms with Crippen molar-refractivity contribution in [2.24, 2.45) is 0 Å². The molecule has 3 heteroatoms. The van der Waals surface area contributed by atoms with Crippen LogP contribution >= 0.6 is 12.2 Å². The zero-order valence-electron chi connectivity index (χ0n) is 7.24. The molecule has 2 nitrogen and oxygen atoms in total. The molecule has 0 aliphatic carbocycles. The van der Waals surface area contributed by atoms with Gasteiger partial charge in [-0.15, -0.1) is 0 Å². The maximum atomic E-state index is 8.70. The average Bonchev–Trinajstić information content (AvgIpc) is 2.42. The van der Waals surface area contributed by atoms with Gasteiger partial charge in [0.05, 0.1) is 16.6 Å². The summed E-state index contributed by atoms with van der Waals surface area (Å²) in [7, 11) is 1.96. The van der Waals surface area contributed by atoms with Gasteiger partial charge in [0, 0.05) is 19.2 Å². The zero-order valence-corrected chi connectivity index (χ0v) is 8.06. The maximum Gasteiger partial charge on any atom is 0.0991 e. The van der Waals surface area contributed by atoms with Gasteiger partial charge in [-0.1, -0.05) is 12.2 Å². The zero-order chi connectivity index (χ0) is 9.42. The molecule has 0 amide bonds. The number of rotatable bonds is 0. The first-order valence-corrected chi connectivity index (χ1v) is 4.43. The van der Waals surface area contributed by atoms with Crippen LogP contribution in [0, 0.1) is 11.3 Å². The van der Waals surface area contributed by atoms with Gasteiger partial charge in [0.25, 0.3) is 0 Å². The first-order valence-electron chi connectivity index (χ1n) is 4.02. The van der Waals surface area contributed by atoms with Crippen molar-refractivity contribution in [1.29, 1.82) is 5.26 Å². The minimum absolute atomic E-state index is 0.705. The normalized spacial score (nSPS) is 14.2. The molecule has 13 heavy (non-hydrogen) atoms. The molecule has 0 aromatic heterocycles. The summed E-state index contributed by atoms with van der Waals surface area (Å²) in [6, 6.07) is 7.81. The lowest BCUT2D eigenvalue weighted by Crippen LogP contribution is -2.18. The van der Waals surface area contributed by atoms with Crippen LogP contribution in [0.3, 0.4) is 0 Å². The van der Waals surface area contributed by atoms with E-state index in [4.69, 9.17) is 17.5 Å². The highest BCUT2D eigenvalue weighted by Crippen LogP contribution is 2.28. The molecule has 1 heterocycles. The first kappa shape index (κ1) is 8.21. The molecule has 0 unspecified atom stereocenters. The Bertz CT molecular complexity index is 417. The largest absolute Gasteiger partial charge is 0.339 e. The predicted octanol–water partition coefficient (Wildman–Crippen LogP) is 1.88. The molecule has 0 atom stereocenters. The van der Waals surface area contributed by atoms with Gasteiger partial charge < -0.3 is 4.90 Å². The minimum Gasteiger partial charge on any atom is -0.339 e. The van der Waals surface area contributed by atoms with E-state index in [1.807, 2.05) is 30.1 Å². The molecule has 0 saturated carbocycles. The summed E-state index contributed by atoms with van der Waals surface area (Å²) in [6.07, 6.45) is 0.788. The summed E-state index contributed by atoms with van der Waals surface area (Å²) in [5.41, 5.74) is 2.99. The third-order valence-corrected chi connectivity index (χ3v) is 2.70. The van der Waals surface area contributed by atoms with Gasteiger partial charge in [0.2, 0.25) is 0 Å². The van der Waals surface area contributed by atoms with Gasteiger partial charge in [0.1, 0.15) is 0 Å². The molecular weight excluding hydrogens is 180 g/mol.